The first-order chi connectivity index (χ1) is 14.5. The Balaban J connectivity index is 1.89. The van der Waals surface area contributed by atoms with E-state index < -0.39 is 17.3 Å². The molecule has 1 aliphatic rings. The van der Waals surface area contributed by atoms with Crippen LogP contribution in [0.3, 0.4) is 0 Å². The van der Waals surface area contributed by atoms with E-state index in [1.54, 1.807) is 19.2 Å². The van der Waals surface area contributed by atoms with Crippen LogP contribution in [-0.2, 0) is 6.18 Å². The smallest absolute Gasteiger partial charge is 0.419 e. The van der Waals surface area contributed by atoms with E-state index in [0.717, 1.165) is 31.7 Å². The van der Waals surface area contributed by atoms with Crippen molar-refractivity contribution < 1.29 is 17.9 Å². The first kappa shape index (κ1) is 23.3. The molecule has 1 saturated carbocycles. The number of ether oxygens (including phenoxy) is 1. The Morgan fingerprint density at radius 3 is 2.58 bits per heavy atom. The van der Waals surface area contributed by atoms with Gasteiger partial charge in [0.1, 0.15) is 18.7 Å². The second-order valence-electron chi connectivity index (χ2n) is 9.16. The highest BCUT2D eigenvalue weighted by Gasteiger charge is 2.36. The summed E-state index contributed by atoms with van der Waals surface area (Å²) in [5.74, 6) is 0.0858. The van der Waals surface area contributed by atoms with Crippen molar-refractivity contribution in [2.75, 3.05) is 11.9 Å². The van der Waals surface area contributed by atoms with Gasteiger partial charge in [0.2, 0.25) is 0 Å². The van der Waals surface area contributed by atoms with Crippen LogP contribution in [0.4, 0.5) is 18.9 Å². The average molecular weight is 437 g/mol. The molecular formula is C23H31F3N4O. The molecule has 1 heterocycles. The predicted octanol–water partition coefficient (Wildman–Crippen LogP) is 5.66. The maximum absolute atomic E-state index is 13.8. The molecule has 1 aromatic heterocycles. The number of rotatable bonds is 8. The molecule has 0 spiro atoms. The normalized spacial score (nSPS) is 17.0. The fourth-order valence-corrected chi connectivity index (χ4v) is 4.21. The quantitative estimate of drug-likeness (QED) is 0.559. The Hall–Kier alpha value is -2.35. The highest BCUT2D eigenvalue weighted by atomic mass is 19.4. The molecule has 31 heavy (non-hydrogen) atoms. The number of aromatic nitrogens is 2. The van der Waals surface area contributed by atoms with E-state index in [0.29, 0.717) is 29.3 Å². The summed E-state index contributed by atoms with van der Waals surface area (Å²) in [6.45, 7) is 5.81. The van der Waals surface area contributed by atoms with Crippen LogP contribution < -0.4 is 15.8 Å². The molecule has 0 saturated heterocycles. The van der Waals surface area contributed by atoms with E-state index in [9.17, 15) is 13.2 Å². The van der Waals surface area contributed by atoms with Crippen molar-refractivity contribution >= 4 is 5.69 Å². The lowest BCUT2D eigenvalue weighted by atomic mass is 9.93. The van der Waals surface area contributed by atoms with E-state index in [1.807, 2.05) is 13.8 Å². The summed E-state index contributed by atoms with van der Waals surface area (Å²) >= 11 is 0. The van der Waals surface area contributed by atoms with Gasteiger partial charge in [-0.1, -0.05) is 26.7 Å². The molecule has 2 aromatic rings. The number of hydrogen-bond acceptors (Lipinski definition) is 5. The number of halogens is 3. The number of nitrogens with two attached hydrogens (primary N) is 1. The van der Waals surface area contributed by atoms with Crippen LogP contribution in [0.25, 0.3) is 11.3 Å². The number of nitrogens with one attached hydrogen (secondary N) is 1. The molecule has 1 fully saturated rings. The zero-order valence-electron chi connectivity index (χ0n) is 18.3. The van der Waals surface area contributed by atoms with E-state index in [2.05, 4.69) is 15.3 Å². The van der Waals surface area contributed by atoms with Crippen molar-refractivity contribution in [3.63, 3.8) is 0 Å². The number of hydrogen-bond donors (Lipinski definition) is 2. The molecule has 3 rings (SSSR count). The van der Waals surface area contributed by atoms with Crippen LogP contribution in [0, 0.1) is 5.92 Å². The van der Waals surface area contributed by atoms with Gasteiger partial charge in [0, 0.05) is 17.1 Å². The van der Waals surface area contributed by atoms with Gasteiger partial charge in [-0.2, -0.15) is 13.2 Å². The topological polar surface area (TPSA) is 73.1 Å². The first-order valence-electron chi connectivity index (χ1n) is 10.7. The monoisotopic (exact) mass is 436 g/mol. The van der Waals surface area contributed by atoms with Crippen LogP contribution in [0.15, 0.2) is 30.7 Å². The Labute approximate surface area is 181 Å². The van der Waals surface area contributed by atoms with Crippen molar-refractivity contribution in [2.45, 2.75) is 70.6 Å². The van der Waals surface area contributed by atoms with Gasteiger partial charge in [-0.3, -0.25) is 0 Å². The molecule has 1 aromatic carbocycles. The SMILES string of the molecule is CC(C)CC(C)(N)COc1ccc(-c2ncncc2NC2CCCC2)cc1C(F)(F)F. The van der Waals surface area contributed by atoms with Crippen molar-refractivity contribution in [3.8, 4) is 17.0 Å². The summed E-state index contributed by atoms with van der Waals surface area (Å²) in [5.41, 5.74) is 6.10. The molecule has 8 heteroatoms. The fourth-order valence-electron chi connectivity index (χ4n) is 4.21. The van der Waals surface area contributed by atoms with Crippen molar-refractivity contribution in [2.24, 2.45) is 11.7 Å². The summed E-state index contributed by atoms with van der Waals surface area (Å²) in [4.78, 5) is 8.31. The molecule has 5 nitrogen and oxygen atoms in total. The van der Waals surface area contributed by atoms with E-state index in [4.69, 9.17) is 10.5 Å². The Bertz CT molecular complexity index is 877. The molecule has 1 atom stereocenters. The molecule has 0 amide bonds. The third kappa shape index (κ3) is 6.32. The number of benzene rings is 1. The maximum atomic E-state index is 13.8. The van der Waals surface area contributed by atoms with Crippen LogP contribution >= 0.6 is 0 Å². The first-order valence-corrected chi connectivity index (χ1v) is 10.7. The third-order valence-corrected chi connectivity index (χ3v) is 5.42. The van der Waals surface area contributed by atoms with Gasteiger partial charge in [-0.05, 0) is 50.3 Å². The minimum atomic E-state index is -4.57. The number of anilines is 1. The molecule has 3 N–H and O–H groups in total. The predicted molar refractivity (Wildman–Crippen MR) is 116 cm³/mol. The van der Waals surface area contributed by atoms with Crippen molar-refractivity contribution in [1.29, 1.82) is 0 Å². The Morgan fingerprint density at radius 1 is 1.23 bits per heavy atom. The lowest BCUT2D eigenvalue weighted by Crippen LogP contribution is -2.43. The van der Waals surface area contributed by atoms with Gasteiger partial charge in [0.25, 0.3) is 0 Å². The lowest BCUT2D eigenvalue weighted by molar-refractivity contribution is -0.139. The van der Waals surface area contributed by atoms with Gasteiger partial charge in [-0.25, -0.2) is 9.97 Å². The molecule has 170 valence electrons. The number of alkyl halides is 3. The standard InChI is InChI=1S/C23H31F3N4O/c1-15(2)11-22(3,27)13-31-20-9-8-16(10-18(20)23(24,25)26)21-19(12-28-14-29-21)30-17-6-4-5-7-17/h8-10,12,14-15,17,30H,4-7,11,13,27H2,1-3H3. The van der Waals surface area contributed by atoms with Crippen molar-refractivity contribution in [1.82, 2.24) is 9.97 Å². The van der Waals surface area contributed by atoms with Crippen LogP contribution in [0.5, 0.6) is 5.75 Å². The van der Waals surface area contributed by atoms with Gasteiger partial charge < -0.3 is 15.8 Å². The Morgan fingerprint density at radius 2 is 1.94 bits per heavy atom. The van der Waals surface area contributed by atoms with Gasteiger partial charge in [-0.15, -0.1) is 0 Å². The lowest BCUT2D eigenvalue weighted by Gasteiger charge is -2.27. The molecule has 0 aliphatic heterocycles. The van der Waals surface area contributed by atoms with E-state index >= 15 is 0 Å². The van der Waals surface area contributed by atoms with Gasteiger partial charge in [0.15, 0.2) is 0 Å². The minimum absolute atomic E-state index is 0.00437. The molecule has 0 bridgehead atoms. The summed E-state index contributed by atoms with van der Waals surface area (Å²) in [6.07, 6.45) is 3.38. The third-order valence-electron chi connectivity index (χ3n) is 5.42. The van der Waals surface area contributed by atoms with E-state index in [-0.39, 0.29) is 18.4 Å². The van der Waals surface area contributed by atoms with Crippen molar-refractivity contribution in [3.05, 3.63) is 36.3 Å². The van der Waals surface area contributed by atoms with Crippen LogP contribution in [0.2, 0.25) is 0 Å². The average Bonchev–Trinajstić information content (AvgIpc) is 3.18. The highest BCUT2D eigenvalue weighted by Crippen LogP contribution is 2.40. The number of nitrogens with zero attached hydrogens (tertiary/aromatic N) is 2. The Kier molecular flexibility index (Phi) is 7.09. The molecular weight excluding hydrogens is 405 g/mol. The van der Waals surface area contributed by atoms with Crippen LogP contribution in [0.1, 0.15) is 58.4 Å². The molecule has 1 aliphatic carbocycles. The van der Waals surface area contributed by atoms with Crippen LogP contribution in [-0.4, -0.2) is 28.2 Å². The second-order valence-corrected chi connectivity index (χ2v) is 9.16. The minimum Gasteiger partial charge on any atom is -0.491 e. The molecule has 1 unspecified atom stereocenters. The zero-order valence-corrected chi connectivity index (χ0v) is 18.3. The fraction of sp³-hybridized carbons (Fsp3) is 0.565. The van der Waals surface area contributed by atoms with Gasteiger partial charge in [0.05, 0.1) is 23.1 Å². The second kappa shape index (κ2) is 9.42. The van der Waals surface area contributed by atoms with E-state index in [1.165, 1.54) is 12.4 Å². The highest BCUT2D eigenvalue weighted by molar-refractivity contribution is 5.74. The summed E-state index contributed by atoms with van der Waals surface area (Å²) in [7, 11) is 0. The summed E-state index contributed by atoms with van der Waals surface area (Å²) in [6, 6.07) is 4.33. The molecule has 0 radical (unpaired) electrons. The largest absolute Gasteiger partial charge is 0.491 e. The maximum Gasteiger partial charge on any atom is 0.419 e. The summed E-state index contributed by atoms with van der Waals surface area (Å²) in [5, 5.41) is 3.39. The summed E-state index contributed by atoms with van der Waals surface area (Å²) < 4.78 is 47.1. The van der Waals surface area contributed by atoms with Gasteiger partial charge >= 0.3 is 6.18 Å². The zero-order chi connectivity index (χ0) is 22.6.